The van der Waals surface area contributed by atoms with Crippen LogP contribution in [0.3, 0.4) is 0 Å². The molecule has 1 aliphatic heterocycles. The third kappa shape index (κ3) is 4.42. The van der Waals surface area contributed by atoms with Crippen LogP contribution in [-0.2, 0) is 0 Å². The Hall–Kier alpha value is -0.630. The van der Waals surface area contributed by atoms with Gasteiger partial charge in [-0.1, -0.05) is 20.8 Å². The van der Waals surface area contributed by atoms with Crippen LogP contribution >= 0.6 is 0 Å². The topological polar surface area (TPSA) is 42.3 Å². The molecule has 0 aromatic carbocycles. The normalized spacial score (nSPS) is 31.7. The molecule has 1 heterocycles. The predicted molar refractivity (Wildman–Crippen MR) is 87.1 cm³/mol. The van der Waals surface area contributed by atoms with E-state index in [1.54, 1.807) is 0 Å². The molecule has 2 rings (SSSR count). The maximum absolute atomic E-state index is 9.56. The molecule has 0 radical (unpaired) electrons. The maximum Gasteiger partial charge on any atom is 0.108 e. The molecular weight excluding hydrogens is 260 g/mol. The molecular formula is C17H32N4. The van der Waals surface area contributed by atoms with Gasteiger partial charge in [0.15, 0.2) is 0 Å². The van der Waals surface area contributed by atoms with Crippen molar-refractivity contribution in [3.63, 3.8) is 0 Å². The molecule has 1 N–H and O–H groups in total. The van der Waals surface area contributed by atoms with E-state index in [2.05, 4.69) is 42.0 Å². The summed E-state index contributed by atoms with van der Waals surface area (Å²) in [4.78, 5) is 5.21. The number of piperazine rings is 1. The van der Waals surface area contributed by atoms with E-state index in [1.165, 1.54) is 39.1 Å². The Morgan fingerprint density at radius 3 is 2.57 bits per heavy atom. The van der Waals surface area contributed by atoms with Gasteiger partial charge in [0, 0.05) is 38.8 Å². The number of nitrogens with zero attached hydrogens (tertiary/aromatic N) is 3. The van der Waals surface area contributed by atoms with Crippen LogP contribution in [0, 0.1) is 17.2 Å². The molecule has 2 atom stereocenters. The van der Waals surface area contributed by atoms with E-state index in [9.17, 15) is 5.26 Å². The lowest BCUT2D eigenvalue weighted by molar-refractivity contribution is 0.0888. The van der Waals surface area contributed by atoms with Gasteiger partial charge < -0.3 is 4.90 Å². The van der Waals surface area contributed by atoms with Crippen molar-refractivity contribution in [2.75, 3.05) is 39.3 Å². The Morgan fingerprint density at radius 2 is 2.00 bits per heavy atom. The Kier molecular flexibility index (Phi) is 6.04. The lowest BCUT2D eigenvalue weighted by Gasteiger charge is -2.39. The highest BCUT2D eigenvalue weighted by Gasteiger charge is 2.41. The van der Waals surface area contributed by atoms with Gasteiger partial charge in [-0.15, -0.1) is 0 Å². The molecule has 4 nitrogen and oxygen atoms in total. The van der Waals surface area contributed by atoms with Crippen molar-refractivity contribution in [2.45, 2.75) is 58.0 Å². The summed E-state index contributed by atoms with van der Waals surface area (Å²) in [6.07, 6.45) is 4.30. The standard InChI is InChI=1S/C17H32N4/c1-4-7-19-17(14-18)6-5-16(12-17)21-10-8-20(9-11-21)13-15(2)3/h15-16,19H,4-13H2,1-3H3. The van der Waals surface area contributed by atoms with Crippen LogP contribution in [0.25, 0.3) is 0 Å². The van der Waals surface area contributed by atoms with Crippen LogP contribution in [-0.4, -0.2) is 60.6 Å². The van der Waals surface area contributed by atoms with Crippen molar-refractivity contribution in [1.82, 2.24) is 15.1 Å². The monoisotopic (exact) mass is 292 g/mol. The van der Waals surface area contributed by atoms with Crippen LogP contribution in [0.15, 0.2) is 0 Å². The molecule has 0 aromatic rings. The summed E-state index contributed by atoms with van der Waals surface area (Å²) in [6.45, 7) is 13.7. The van der Waals surface area contributed by atoms with Crippen molar-refractivity contribution >= 4 is 0 Å². The maximum atomic E-state index is 9.56. The summed E-state index contributed by atoms with van der Waals surface area (Å²) in [7, 11) is 0. The average Bonchev–Trinajstić information content (AvgIpc) is 2.90. The van der Waals surface area contributed by atoms with Crippen LogP contribution in [0.5, 0.6) is 0 Å². The van der Waals surface area contributed by atoms with Gasteiger partial charge in [-0.2, -0.15) is 5.26 Å². The molecule has 2 aliphatic rings. The smallest absolute Gasteiger partial charge is 0.108 e. The summed E-state index contributed by atoms with van der Waals surface area (Å²) < 4.78 is 0. The molecule has 0 spiro atoms. The summed E-state index contributed by atoms with van der Waals surface area (Å²) in [5, 5.41) is 13.1. The van der Waals surface area contributed by atoms with E-state index in [4.69, 9.17) is 0 Å². The third-order valence-corrected chi connectivity index (χ3v) is 4.96. The van der Waals surface area contributed by atoms with E-state index in [1.807, 2.05) is 0 Å². The van der Waals surface area contributed by atoms with Gasteiger partial charge in [0.05, 0.1) is 6.07 Å². The first-order valence-electron chi connectivity index (χ1n) is 8.71. The van der Waals surface area contributed by atoms with Crippen molar-refractivity contribution in [2.24, 2.45) is 5.92 Å². The van der Waals surface area contributed by atoms with Gasteiger partial charge >= 0.3 is 0 Å². The van der Waals surface area contributed by atoms with E-state index in [-0.39, 0.29) is 5.54 Å². The molecule has 2 fully saturated rings. The van der Waals surface area contributed by atoms with E-state index < -0.39 is 0 Å². The van der Waals surface area contributed by atoms with Crippen molar-refractivity contribution in [3.05, 3.63) is 0 Å². The molecule has 4 heteroatoms. The summed E-state index contributed by atoms with van der Waals surface area (Å²) in [6, 6.07) is 3.17. The van der Waals surface area contributed by atoms with Crippen molar-refractivity contribution in [1.29, 1.82) is 5.26 Å². The fraction of sp³-hybridized carbons (Fsp3) is 0.941. The molecule has 2 unspecified atom stereocenters. The van der Waals surface area contributed by atoms with Crippen LogP contribution in [0.1, 0.15) is 46.5 Å². The van der Waals surface area contributed by atoms with Crippen molar-refractivity contribution in [3.8, 4) is 6.07 Å². The minimum Gasteiger partial charge on any atom is -0.301 e. The second-order valence-corrected chi connectivity index (χ2v) is 7.25. The van der Waals surface area contributed by atoms with Crippen molar-refractivity contribution < 1.29 is 0 Å². The van der Waals surface area contributed by atoms with E-state index >= 15 is 0 Å². The molecule has 120 valence electrons. The quantitative estimate of drug-likeness (QED) is 0.814. The summed E-state index contributed by atoms with van der Waals surface area (Å²) >= 11 is 0. The van der Waals surface area contributed by atoms with Gasteiger partial charge in [-0.3, -0.25) is 10.2 Å². The minimum atomic E-state index is -0.254. The summed E-state index contributed by atoms with van der Waals surface area (Å²) in [5.41, 5.74) is -0.254. The zero-order valence-electron chi connectivity index (χ0n) is 14.1. The zero-order chi connectivity index (χ0) is 15.3. The van der Waals surface area contributed by atoms with E-state index in [0.717, 1.165) is 31.7 Å². The number of hydrogen-bond donors (Lipinski definition) is 1. The minimum absolute atomic E-state index is 0.254. The Balaban J connectivity index is 1.81. The first-order chi connectivity index (χ1) is 10.1. The highest BCUT2D eigenvalue weighted by atomic mass is 15.3. The first-order valence-corrected chi connectivity index (χ1v) is 8.71. The highest BCUT2D eigenvalue weighted by molar-refractivity contribution is 5.13. The second kappa shape index (κ2) is 7.58. The fourth-order valence-corrected chi connectivity index (χ4v) is 3.82. The molecule has 1 saturated carbocycles. The second-order valence-electron chi connectivity index (χ2n) is 7.25. The molecule has 0 bridgehead atoms. The molecule has 0 aromatic heterocycles. The van der Waals surface area contributed by atoms with Crippen LogP contribution in [0.4, 0.5) is 0 Å². The van der Waals surface area contributed by atoms with Gasteiger partial charge in [0.2, 0.25) is 0 Å². The highest BCUT2D eigenvalue weighted by Crippen LogP contribution is 2.33. The largest absolute Gasteiger partial charge is 0.301 e. The van der Waals surface area contributed by atoms with Gasteiger partial charge in [0.1, 0.15) is 5.54 Å². The average molecular weight is 292 g/mol. The Bertz CT molecular complexity index is 354. The van der Waals surface area contributed by atoms with E-state index in [0.29, 0.717) is 6.04 Å². The molecule has 21 heavy (non-hydrogen) atoms. The first kappa shape index (κ1) is 16.7. The third-order valence-electron chi connectivity index (χ3n) is 4.96. The Labute approximate surface area is 130 Å². The molecule has 0 amide bonds. The lowest BCUT2D eigenvalue weighted by Crippen LogP contribution is -2.51. The number of nitrogens with one attached hydrogen (secondary N) is 1. The van der Waals surface area contributed by atoms with Gasteiger partial charge in [0.25, 0.3) is 0 Å². The lowest BCUT2D eigenvalue weighted by atomic mass is 9.99. The predicted octanol–water partition coefficient (Wildman–Crippen LogP) is 2.07. The van der Waals surface area contributed by atoms with Gasteiger partial charge in [-0.05, 0) is 38.1 Å². The summed E-state index contributed by atoms with van der Waals surface area (Å²) in [5.74, 6) is 0.757. The zero-order valence-corrected chi connectivity index (χ0v) is 14.1. The number of hydrogen-bond acceptors (Lipinski definition) is 4. The molecule has 1 aliphatic carbocycles. The number of rotatable bonds is 6. The Morgan fingerprint density at radius 1 is 1.29 bits per heavy atom. The fourth-order valence-electron chi connectivity index (χ4n) is 3.82. The van der Waals surface area contributed by atoms with Crippen LogP contribution < -0.4 is 5.32 Å². The van der Waals surface area contributed by atoms with Gasteiger partial charge in [-0.25, -0.2) is 0 Å². The van der Waals surface area contributed by atoms with Crippen LogP contribution in [0.2, 0.25) is 0 Å². The SMILES string of the molecule is CCCNC1(C#N)CCC(N2CCN(CC(C)C)CC2)C1. The molecule has 1 saturated heterocycles. The number of nitriles is 1.